The molecule has 1 aromatic rings. The third-order valence-corrected chi connectivity index (χ3v) is 3.29. The molecule has 0 saturated carbocycles. The summed E-state index contributed by atoms with van der Waals surface area (Å²) in [6, 6.07) is 3.76. The van der Waals surface area contributed by atoms with Gasteiger partial charge < -0.3 is 5.32 Å². The summed E-state index contributed by atoms with van der Waals surface area (Å²) >= 11 is 5.84. The molecule has 102 valence electrons. The Morgan fingerprint density at radius 1 is 1.33 bits per heavy atom. The van der Waals surface area contributed by atoms with Gasteiger partial charge in [-0.3, -0.25) is 4.90 Å². The molecule has 1 heterocycles. The predicted molar refractivity (Wildman–Crippen MR) is 71.8 cm³/mol. The van der Waals surface area contributed by atoms with Gasteiger partial charge in [0.1, 0.15) is 12.5 Å². The molecule has 0 aliphatic carbocycles. The zero-order chi connectivity index (χ0) is 12.3. The molecule has 1 aliphatic heterocycles. The van der Waals surface area contributed by atoms with Gasteiger partial charge >= 0.3 is 0 Å². The minimum absolute atomic E-state index is 0. The van der Waals surface area contributed by atoms with Gasteiger partial charge in [0.05, 0.1) is 6.04 Å². The Bertz CT molecular complexity index is 384. The molecule has 1 saturated heterocycles. The van der Waals surface area contributed by atoms with E-state index in [2.05, 4.69) is 5.32 Å². The Kier molecular flexibility index (Phi) is 6.29. The van der Waals surface area contributed by atoms with E-state index in [9.17, 15) is 8.78 Å². The number of nitrogens with one attached hydrogen (secondary N) is 1. The van der Waals surface area contributed by atoms with Crippen molar-refractivity contribution in [1.29, 1.82) is 0 Å². The molecule has 1 aromatic carbocycles. The summed E-state index contributed by atoms with van der Waals surface area (Å²) in [5.41, 5.74) is 0.349. The van der Waals surface area contributed by atoms with Crippen LogP contribution in [0.25, 0.3) is 0 Å². The second kappa shape index (κ2) is 7.24. The monoisotopic (exact) mass is 296 g/mol. The Labute approximate surface area is 117 Å². The molecule has 0 radical (unpaired) electrons. The van der Waals surface area contributed by atoms with E-state index >= 15 is 0 Å². The number of hydrogen-bond donors (Lipinski definition) is 1. The highest BCUT2D eigenvalue weighted by Gasteiger charge is 2.24. The second-order valence-corrected chi connectivity index (χ2v) is 4.56. The van der Waals surface area contributed by atoms with Crippen molar-refractivity contribution < 1.29 is 8.78 Å². The van der Waals surface area contributed by atoms with Gasteiger partial charge in [0, 0.05) is 36.8 Å². The van der Waals surface area contributed by atoms with E-state index < -0.39 is 18.5 Å². The van der Waals surface area contributed by atoms with E-state index in [1.54, 1.807) is 0 Å². The minimum Gasteiger partial charge on any atom is -0.314 e. The molecule has 0 amide bonds. The summed E-state index contributed by atoms with van der Waals surface area (Å²) in [5, 5.41) is 3.63. The number of hydrogen-bond acceptors (Lipinski definition) is 2. The van der Waals surface area contributed by atoms with Crippen LogP contribution in [0.4, 0.5) is 8.78 Å². The van der Waals surface area contributed by atoms with Crippen LogP contribution in [0.1, 0.15) is 11.6 Å². The Balaban J connectivity index is 0.00000162. The molecule has 1 fully saturated rings. The molecular weight excluding hydrogens is 281 g/mol. The van der Waals surface area contributed by atoms with Crippen LogP contribution in [0.2, 0.25) is 5.02 Å². The molecule has 1 atom stereocenters. The predicted octanol–water partition coefficient (Wildman–Crippen LogP) is 2.82. The average molecular weight is 297 g/mol. The average Bonchev–Trinajstić information content (AvgIpc) is 2.36. The molecule has 0 aromatic heterocycles. The number of benzene rings is 1. The van der Waals surface area contributed by atoms with Gasteiger partial charge in [-0.1, -0.05) is 11.6 Å². The molecule has 0 unspecified atom stereocenters. The van der Waals surface area contributed by atoms with Crippen molar-refractivity contribution in [2.45, 2.75) is 6.04 Å². The first kappa shape index (κ1) is 15.6. The maximum Gasteiger partial charge on any atom is 0.128 e. The lowest BCUT2D eigenvalue weighted by Crippen LogP contribution is -2.45. The normalized spacial score (nSPS) is 18.2. The zero-order valence-electron chi connectivity index (χ0n) is 9.83. The summed E-state index contributed by atoms with van der Waals surface area (Å²) in [6.45, 7) is 2.45. The van der Waals surface area contributed by atoms with Crippen LogP contribution in [-0.4, -0.2) is 37.8 Å². The SMILES string of the molecule is Cl.FC[C@H](c1cc(Cl)ccc1F)N1CCNCC1. The topological polar surface area (TPSA) is 15.3 Å². The van der Waals surface area contributed by atoms with E-state index in [1.165, 1.54) is 18.2 Å². The third-order valence-electron chi connectivity index (χ3n) is 3.06. The quantitative estimate of drug-likeness (QED) is 0.923. The van der Waals surface area contributed by atoms with Crippen LogP contribution >= 0.6 is 24.0 Å². The highest BCUT2D eigenvalue weighted by atomic mass is 35.5. The molecular formula is C12H16Cl2F2N2. The van der Waals surface area contributed by atoms with E-state index in [1.807, 2.05) is 4.90 Å². The van der Waals surface area contributed by atoms with Crippen molar-refractivity contribution in [3.63, 3.8) is 0 Å². The van der Waals surface area contributed by atoms with Gasteiger partial charge in [0.2, 0.25) is 0 Å². The van der Waals surface area contributed by atoms with Gasteiger partial charge in [0.25, 0.3) is 0 Å². The highest BCUT2D eigenvalue weighted by molar-refractivity contribution is 6.30. The van der Waals surface area contributed by atoms with E-state index in [0.717, 1.165) is 26.2 Å². The van der Waals surface area contributed by atoms with Gasteiger partial charge in [-0.25, -0.2) is 8.78 Å². The minimum atomic E-state index is -0.600. The summed E-state index contributed by atoms with van der Waals surface area (Å²) in [7, 11) is 0. The van der Waals surface area contributed by atoms with Crippen LogP contribution in [0.5, 0.6) is 0 Å². The molecule has 1 aliphatic rings. The molecule has 2 nitrogen and oxygen atoms in total. The van der Waals surface area contributed by atoms with Crippen molar-refractivity contribution in [1.82, 2.24) is 10.2 Å². The first-order chi connectivity index (χ1) is 8.22. The molecule has 18 heavy (non-hydrogen) atoms. The summed E-state index contributed by atoms with van der Waals surface area (Å²) in [5.74, 6) is -0.393. The van der Waals surface area contributed by atoms with Crippen molar-refractivity contribution in [3.8, 4) is 0 Å². The van der Waals surface area contributed by atoms with Crippen LogP contribution in [0.3, 0.4) is 0 Å². The zero-order valence-corrected chi connectivity index (χ0v) is 11.4. The number of piperazine rings is 1. The lowest BCUT2D eigenvalue weighted by Gasteiger charge is -2.33. The lowest BCUT2D eigenvalue weighted by molar-refractivity contribution is 0.144. The maximum absolute atomic E-state index is 13.7. The van der Waals surface area contributed by atoms with E-state index in [-0.39, 0.29) is 12.4 Å². The fourth-order valence-electron chi connectivity index (χ4n) is 2.14. The number of alkyl halides is 1. The van der Waals surface area contributed by atoms with E-state index in [0.29, 0.717) is 10.6 Å². The molecule has 2 rings (SSSR count). The van der Waals surface area contributed by atoms with Gasteiger partial charge in [-0.15, -0.1) is 12.4 Å². The molecule has 6 heteroatoms. The maximum atomic E-state index is 13.7. The fourth-order valence-corrected chi connectivity index (χ4v) is 2.32. The Morgan fingerprint density at radius 3 is 2.61 bits per heavy atom. The number of rotatable bonds is 3. The fraction of sp³-hybridized carbons (Fsp3) is 0.500. The van der Waals surface area contributed by atoms with Crippen LogP contribution in [0, 0.1) is 5.82 Å². The Morgan fingerprint density at radius 2 is 2.00 bits per heavy atom. The first-order valence-corrected chi connectivity index (χ1v) is 6.06. The van der Waals surface area contributed by atoms with E-state index in [4.69, 9.17) is 11.6 Å². The van der Waals surface area contributed by atoms with Crippen LogP contribution in [0.15, 0.2) is 18.2 Å². The first-order valence-electron chi connectivity index (χ1n) is 5.68. The highest BCUT2D eigenvalue weighted by Crippen LogP contribution is 2.26. The van der Waals surface area contributed by atoms with Gasteiger partial charge in [-0.05, 0) is 18.2 Å². The third kappa shape index (κ3) is 3.54. The number of nitrogens with zero attached hydrogens (tertiary/aromatic N) is 1. The standard InChI is InChI=1S/C12H15ClF2N2.ClH/c13-9-1-2-11(15)10(7-9)12(8-14)17-5-3-16-4-6-17;/h1-2,7,12,16H,3-6,8H2;1H/t12-;/m1./s1. The summed E-state index contributed by atoms with van der Waals surface area (Å²) in [6.07, 6.45) is 0. The second-order valence-electron chi connectivity index (χ2n) is 4.12. The largest absolute Gasteiger partial charge is 0.314 e. The van der Waals surface area contributed by atoms with Crippen LogP contribution in [-0.2, 0) is 0 Å². The van der Waals surface area contributed by atoms with Crippen molar-refractivity contribution in [2.75, 3.05) is 32.9 Å². The Hall–Kier alpha value is -0.420. The number of halogens is 4. The summed E-state index contributed by atoms with van der Waals surface area (Å²) < 4.78 is 26.9. The van der Waals surface area contributed by atoms with Gasteiger partial charge in [0.15, 0.2) is 0 Å². The van der Waals surface area contributed by atoms with Crippen molar-refractivity contribution in [3.05, 3.63) is 34.6 Å². The molecule has 1 N–H and O–H groups in total. The summed E-state index contributed by atoms with van der Waals surface area (Å²) in [4.78, 5) is 1.95. The smallest absolute Gasteiger partial charge is 0.128 e. The van der Waals surface area contributed by atoms with Crippen molar-refractivity contribution >= 4 is 24.0 Å². The van der Waals surface area contributed by atoms with Crippen LogP contribution < -0.4 is 5.32 Å². The molecule has 0 spiro atoms. The molecule has 0 bridgehead atoms. The lowest BCUT2D eigenvalue weighted by atomic mass is 10.0. The van der Waals surface area contributed by atoms with Gasteiger partial charge in [-0.2, -0.15) is 0 Å². The van der Waals surface area contributed by atoms with Crippen molar-refractivity contribution in [2.24, 2.45) is 0 Å².